The van der Waals surface area contributed by atoms with E-state index in [0.29, 0.717) is 16.8 Å². The van der Waals surface area contributed by atoms with E-state index in [1.807, 2.05) is 47.8 Å². The average Bonchev–Trinajstić information content (AvgIpc) is 3.44. The first-order valence-corrected chi connectivity index (χ1v) is 10.2. The zero-order valence-electron chi connectivity index (χ0n) is 16.2. The third kappa shape index (κ3) is 4.90. The van der Waals surface area contributed by atoms with E-state index >= 15 is 0 Å². The average molecular weight is 431 g/mol. The number of nitrogens with zero attached hydrogens (tertiary/aromatic N) is 4. The summed E-state index contributed by atoms with van der Waals surface area (Å²) in [4.78, 5) is 23.5. The molecule has 2 aromatic heterocycles. The summed E-state index contributed by atoms with van der Waals surface area (Å²) >= 11 is 1.51. The fraction of sp³-hybridized carbons (Fsp3) is 0.0455. The lowest BCUT2D eigenvalue weighted by atomic mass is 10.1. The quantitative estimate of drug-likeness (QED) is 0.269. The van der Waals surface area contributed by atoms with Crippen molar-refractivity contribution in [2.24, 2.45) is 5.10 Å². The Morgan fingerprint density at radius 2 is 1.90 bits per heavy atom. The van der Waals surface area contributed by atoms with E-state index < -0.39 is 4.92 Å². The highest BCUT2D eigenvalue weighted by atomic mass is 32.1. The molecule has 2 aromatic carbocycles. The Balaban J connectivity index is 1.61. The molecule has 0 aliphatic carbocycles. The first-order valence-electron chi connectivity index (χ1n) is 9.34. The molecule has 154 valence electrons. The van der Waals surface area contributed by atoms with Crippen molar-refractivity contribution in [2.75, 3.05) is 0 Å². The van der Waals surface area contributed by atoms with Crippen LogP contribution in [-0.4, -0.2) is 26.8 Å². The molecule has 0 bridgehead atoms. The number of rotatable bonds is 7. The van der Waals surface area contributed by atoms with E-state index in [0.717, 1.165) is 10.6 Å². The highest BCUT2D eigenvalue weighted by molar-refractivity contribution is 7.10. The number of hydrogen-bond acceptors (Lipinski definition) is 6. The normalized spacial score (nSPS) is 11.0. The number of para-hydroxylation sites is 1. The number of aromatic nitrogens is 2. The zero-order chi connectivity index (χ0) is 21.6. The van der Waals surface area contributed by atoms with Gasteiger partial charge in [-0.05, 0) is 35.7 Å². The molecule has 0 saturated carbocycles. The number of thiophene rings is 1. The fourth-order valence-electron chi connectivity index (χ4n) is 2.94. The van der Waals surface area contributed by atoms with Crippen LogP contribution in [0, 0.1) is 10.1 Å². The van der Waals surface area contributed by atoms with Crippen molar-refractivity contribution in [3.05, 3.63) is 98.9 Å². The van der Waals surface area contributed by atoms with Crippen molar-refractivity contribution in [3.63, 3.8) is 0 Å². The second kappa shape index (κ2) is 9.14. The number of nitrogens with one attached hydrogen (secondary N) is 1. The van der Waals surface area contributed by atoms with Crippen LogP contribution in [0.15, 0.2) is 83.4 Å². The number of amides is 1. The molecule has 1 amide bonds. The summed E-state index contributed by atoms with van der Waals surface area (Å²) in [6.07, 6.45) is 3.57. The van der Waals surface area contributed by atoms with Gasteiger partial charge in [0, 0.05) is 34.3 Å². The molecule has 0 saturated heterocycles. The van der Waals surface area contributed by atoms with Crippen molar-refractivity contribution in [1.82, 2.24) is 15.2 Å². The molecule has 0 atom stereocenters. The minimum Gasteiger partial charge on any atom is -0.273 e. The van der Waals surface area contributed by atoms with Crippen molar-refractivity contribution in [3.8, 4) is 16.9 Å². The number of benzene rings is 2. The predicted molar refractivity (Wildman–Crippen MR) is 119 cm³/mol. The Kier molecular flexibility index (Phi) is 5.95. The number of carbonyl (C=O) groups is 1. The van der Waals surface area contributed by atoms with Crippen LogP contribution >= 0.6 is 11.3 Å². The molecule has 0 aliphatic rings. The summed E-state index contributed by atoms with van der Waals surface area (Å²) in [5.74, 6) is -0.217. The van der Waals surface area contributed by atoms with E-state index in [9.17, 15) is 14.9 Å². The van der Waals surface area contributed by atoms with Gasteiger partial charge in [-0.15, -0.1) is 11.3 Å². The molecule has 4 rings (SSSR count). The summed E-state index contributed by atoms with van der Waals surface area (Å²) in [7, 11) is 0. The van der Waals surface area contributed by atoms with Gasteiger partial charge in [-0.2, -0.15) is 10.2 Å². The highest BCUT2D eigenvalue weighted by Gasteiger charge is 2.13. The molecule has 0 aliphatic heterocycles. The van der Waals surface area contributed by atoms with Gasteiger partial charge in [0.25, 0.3) is 5.69 Å². The third-order valence-corrected chi connectivity index (χ3v) is 5.30. The smallest absolute Gasteiger partial charge is 0.269 e. The summed E-state index contributed by atoms with van der Waals surface area (Å²) in [5, 5.41) is 21.6. The Morgan fingerprint density at radius 3 is 2.58 bits per heavy atom. The molecule has 2 heterocycles. The number of carbonyl (C=O) groups excluding carboxylic acids is 1. The van der Waals surface area contributed by atoms with Crippen LogP contribution in [0.3, 0.4) is 0 Å². The lowest BCUT2D eigenvalue weighted by Crippen LogP contribution is -2.19. The van der Waals surface area contributed by atoms with Crippen molar-refractivity contribution >= 4 is 29.1 Å². The number of hydrazone groups is 1. The van der Waals surface area contributed by atoms with Crippen LogP contribution < -0.4 is 5.43 Å². The molecule has 9 heteroatoms. The maximum absolute atomic E-state index is 12.1. The molecule has 4 aromatic rings. The Morgan fingerprint density at radius 1 is 1.13 bits per heavy atom. The van der Waals surface area contributed by atoms with Crippen LogP contribution in [0.5, 0.6) is 0 Å². The predicted octanol–water partition coefficient (Wildman–Crippen LogP) is 4.20. The molecule has 0 unspecified atom stereocenters. The second-order valence-corrected chi connectivity index (χ2v) is 7.60. The lowest BCUT2D eigenvalue weighted by molar-refractivity contribution is -0.384. The topological polar surface area (TPSA) is 102 Å². The Labute approximate surface area is 181 Å². The van der Waals surface area contributed by atoms with Gasteiger partial charge in [0.05, 0.1) is 23.2 Å². The molecule has 1 N–H and O–H groups in total. The molecule has 31 heavy (non-hydrogen) atoms. The number of nitro groups is 1. The minimum atomic E-state index is -0.447. The van der Waals surface area contributed by atoms with E-state index in [1.54, 1.807) is 23.0 Å². The SMILES string of the molecule is O=C(Cc1cccs1)N/N=C/c1cn(-c2ccccc2)nc1-c1ccc([N+](=O)[O-])cc1. The summed E-state index contributed by atoms with van der Waals surface area (Å²) < 4.78 is 1.70. The fourth-order valence-corrected chi connectivity index (χ4v) is 3.65. The minimum absolute atomic E-state index is 0.00213. The van der Waals surface area contributed by atoms with E-state index in [-0.39, 0.29) is 18.0 Å². The van der Waals surface area contributed by atoms with Gasteiger partial charge in [0.1, 0.15) is 5.69 Å². The Bertz CT molecular complexity index is 1220. The maximum Gasteiger partial charge on any atom is 0.269 e. The number of non-ortho nitro benzene ring substituents is 1. The second-order valence-electron chi connectivity index (χ2n) is 6.57. The van der Waals surface area contributed by atoms with Crippen LogP contribution in [0.25, 0.3) is 16.9 Å². The van der Waals surface area contributed by atoms with E-state index in [4.69, 9.17) is 0 Å². The van der Waals surface area contributed by atoms with Gasteiger partial charge in [0.15, 0.2) is 0 Å². The van der Waals surface area contributed by atoms with E-state index in [2.05, 4.69) is 15.6 Å². The van der Waals surface area contributed by atoms with Crippen molar-refractivity contribution in [2.45, 2.75) is 6.42 Å². The summed E-state index contributed by atoms with van der Waals surface area (Å²) in [6, 6.07) is 19.5. The standard InChI is InChI=1S/C22H17N5O3S/c28-21(13-20-7-4-12-31-20)24-23-14-17-15-26(18-5-2-1-3-6-18)25-22(17)16-8-10-19(11-9-16)27(29)30/h1-12,14-15H,13H2,(H,24,28)/b23-14+. The first-order chi connectivity index (χ1) is 15.1. The number of nitro benzene ring substituents is 1. The highest BCUT2D eigenvalue weighted by Crippen LogP contribution is 2.25. The molecule has 0 fully saturated rings. The zero-order valence-corrected chi connectivity index (χ0v) is 17.0. The van der Waals surface area contributed by atoms with Gasteiger partial charge in [-0.25, -0.2) is 10.1 Å². The van der Waals surface area contributed by atoms with Crippen LogP contribution in [0.4, 0.5) is 5.69 Å². The van der Waals surface area contributed by atoms with Gasteiger partial charge in [-0.1, -0.05) is 24.3 Å². The Hall–Kier alpha value is -4.11. The molecule has 0 spiro atoms. The monoisotopic (exact) mass is 431 g/mol. The van der Waals surface area contributed by atoms with Crippen molar-refractivity contribution in [1.29, 1.82) is 0 Å². The third-order valence-electron chi connectivity index (χ3n) is 4.42. The van der Waals surface area contributed by atoms with Gasteiger partial charge < -0.3 is 0 Å². The van der Waals surface area contributed by atoms with Crippen LogP contribution in [-0.2, 0) is 11.2 Å². The van der Waals surface area contributed by atoms with Crippen molar-refractivity contribution < 1.29 is 9.72 Å². The summed E-state index contributed by atoms with van der Waals surface area (Å²) in [5.41, 5.74) is 5.34. The maximum atomic E-state index is 12.1. The summed E-state index contributed by atoms with van der Waals surface area (Å²) in [6.45, 7) is 0. The number of hydrogen-bond donors (Lipinski definition) is 1. The van der Waals surface area contributed by atoms with E-state index in [1.165, 1.54) is 29.7 Å². The lowest BCUT2D eigenvalue weighted by Gasteiger charge is -2.00. The molecular weight excluding hydrogens is 414 g/mol. The van der Waals surface area contributed by atoms with Gasteiger partial charge in [-0.3, -0.25) is 14.9 Å². The van der Waals surface area contributed by atoms with Crippen LogP contribution in [0.2, 0.25) is 0 Å². The van der Waals surface area contributed by atoms with Gasteiger partial charge >= 0.3 is 0 Å². The molecular formula is C22H17N5O3S. The largest absolute Gasteiger partial charge is 0.273 e. The molecule has 8 nitrogen and oxygen atoms in total. The molecule has 0 radical (unpaired) electrons. The van der Waals surface area contributed by atoms with Gasteiger partial charge in [0.2, 0.25) is 5.91 Å². The first kappa shape index (κ1) is 20.2. The van der Waals surface area contributed by atoms with Crippen LogP contribution in [0.1, 0.15) is 10.4 Å².